The van der Waals surface area contributed by atoms with E-state index in [1.807, 2.05) is 20.9 Å². The zero-order valence-electron chi connectivity index (χ0n) is 10.3. The quantitative estimate of drug-likeness (QED) is 0.784. The number of aromatic nitrogens is 2. The molecule has 1 rings (SSSR count). The number of nitrogens with zero attached hydrogens (tertiary/aromatic N) is 2. The third-order valence-corrected chi connectivity index (χ3v) is 2.69. The van der Waals surface area contributed by atoms with Crippen LogP contribution >= 0.6 is 0 Å². The van der Waals surface area contributed by atoms with E-state index >= 15 is 0 Å². The van der Waals surface area contributed by atoms with E-state index in [1.54, 1.807) is 4.68 Å². The van der Waals surface area contributed by atoms with Gasteiger partial charge in [-0.1, -0.05) is 0 Å². The molecule has 0 unspecified atom stereocenters. The number of hydrogen-bond donors (Lipinski definition) is 2. The van der Waals surface area contributed by atoms with Crippen LogP contribution in [-0.2, 0) is 23.2 Å². The topological polar surface area (TPSA) is 84.2 Å². The van der Waals surface area contributed by atoms with Crippen LogP contribution in [0.15, 0.2) is 0 Å². The molecule has 0 aliphatic carbocycles. The largest absolute Gasteiger partial charge is 0.481 e. The molecule has 94 valence electrons. The van der Waals surface area contributed by atoms with Crippen LogP contribution in [0.2, 0.25) is 0 Å². The second kappa shape index (κ2) is 5.47. The maximum atomic E-state index is 11.3. The van der Waals surface area contributed by atoms with Crippen LogP contribution in [0.3, 0.4) is 0 Å². The van der Waals surface area contributed by atoms with Gasteiger partial charge in [0.2, 0.25) is 5.91 Å². The van der Waals surface area contributed by atoms with E-state index in [9.17, 15) is 9.59 Å². The molecule has 1 aromatic rings. The maximum absolute atomic E-state index is 11.3. The molecular formula is C11H17N3O3. The summed E-state index contributed by atoms with van der Waals surface area (Å²) >= 11 is 0. The fourth-order valence-corrected chi connectivity index (χ4v) is 1.57. The van der Waals surface area contributed by atoms with Crippen molar-refractivity contribution >= 4 is 11.9 Å². The van der Waals surface area contributed by atoms with Crippen molar-refractivity contribution in [3.05, 3.63) is 17.0 Å². The number of hydrogen-bond acceptors (Lipinski definition) is 3. The number of aryl methyl sites for hydroxylation is 2. The van der Waals surface area contributed by atoms with Crippen LogP contribution in [0.25, 0.3) is 0 Å². The van der Waals surface area contributed by atoms with Crippen molar-refractivity contribution in [2.24, 2.45) is 7.05 Å². The van der Waals surface area contributed by atoms with Gasteiger partial charge in [-0.2, -0.15) is 5.10 Å². The molecule has 0 saturated carbocycles. The van der Waals surface area contributed by atoms with Gasteiger partial charge in [0.15, 0.2) is 0 Å². The number of carbonyl (C=O) groups is 2. The smallest absolute Gasteiger partial charge is 0.303 e. The summed E-state index contributed by atoms with van der Waals surface area (Å²) in [6.45, 7) is 4.20. The molecule has 1 heterocycles. The van der Waals surface area contributed by atoms with Crippen molar-refractivity contribution in [2.75, 3.05) is 0 Å². The number of carboxylic acids is 1. The summed E-state index contributed by atoms with van der Waals surface area (Å²) in [6, 6.07) is 0. The number of rotatable bonds is 5. The standard InChI is InChI=1S/C11H17N3O3/c1-7-9(8(2)14(3)13-7)6-12-10(15)4-5-11(16)17/h4-6H2,1-3H3,(H,12,15)(H,16,17). The lowest BCUT2D eigenvalue weighted by atomic mass is 10.2. The lowest BCUT2D eigenvalue weighted by Crippen LogP contribution is -2.23. The average molecular weight is 239 g/mol. The van der Waals surface area contributed by atoms with Crippen molar-refractivity contribution in [2.45, 2.75) is 33.2 Å². The molecule has 0 bridgehead atoms. The molecule has 1 aromatic heterocycles. The zero-order chi connectivity index (χ0) is 13.0. The Morgan fingerprint density at radius 3 is 2.47 bits per heavy atom. The number of carbonyl (C=O) groups excluding carboxylic acids is 1. The average Bonchev–Trinajstić information content (AvgIpc) is 2.48. The Bertz CT molecular complexity index is 437. The molecule has 0 spiro atoms. The normalized spacial score (nSPS) is 10.3. The van der Waals surface area contributed by atoms with Crippen LogP contribution < -0.4 is 5.32 Å². The first kappa shape index (κ1) is 13.2. The number of amides is 1. The van der Waals surface area contributed by atoms with Crippen LogP contribution in [-0.4, -0.2) is 26.8 Å². The molecule has 17 heavy (non-hydrogen) atoms. The van der Waals surface area contributed by atoms with E-state index in [0.29, 0.717) is 6.54 Å². The highest BCUT2D eigenvalue weighted by molar-refractivity contribution is 5.80. The molecule has 0 atom stereocenters. The number of nitrogens with one attached hydrogen (secondary N) is 1. The molecule has 6 heteroatoms. The second-order valence-electron chi connectivity index (χ2n) is 3.94. The van der Waals surface area contributed by atoms with Gasteiger partial charge in [-0.05, 0) is 13.8 Å². The predicted molar refractivity (Wildman–Crippen MR) is 61.4 cm³/mol. The molecule has 1 amide bonds. The molecule has 0 saturated heterocycles. The number of carboxylic acid groups (broad SMARTS) is 1. The minimum Gasteiger partial charge on any atom is -0.481 e. The van der Waals surface area contributed by atoms with Gasteiger partial charge in [0.1, 0.15) is 0 Å². The van der Waals surface area contributed by atoms with Gasteiger partial charge in [0, 0.05) is 31.3 Å². The Kier molecular flexibility index (Phi) is 4.25. The minimum atomic E-state index is -0.964. The maximum Gasteiger partial charge on any atom is 0.303 e. The van der Waals surface area contributed by atoms with Crippen molar-refractivity contribution < 1.29 is 14.7 Å². The van der Waals surface area contributed by atoms with E-state index in [-0.39, 0.29) is 18.7 Å². The van der Waals surface area contributed by atoms with Gasteiger partial charge < -0.3 is 10.4 Å². The Balaban J connectivity index is 2.50. The molecule has 0 radical (unpaired) electrons. The summed E-state index contributed by atoms with van der Waals surface area (Å²) in [7, 11) is 1.85. The molecule has 2 N–H and O–H groups in total. The SMILES string of the molecule is Cc1nn(C)c(C)c1CNC(=O)CCC(=O)O. The van der Waals surface area contributed by atoms with Gasteiger partial charge >= 0.3 is 5.97 Å². The van der Waals surface area contributed by atoms with Crippen molar-refractivity contribution in [3.63, 3.8) is 0 Å². The minimum absolute atomic E-state index is 0.00763. The van der Waals surface area contributed by atoms with Crippen molar-refractivity contribution in [1.29, 1.82) is 0 Å². The molecule has 0 aliphatic rings. The lowest BCUT2D eigenvalue weighted by Gasteiger charge is -2.04. The predicted octanol–water partition coefficient (Wildman–Crippen LogP) is 0.518. The van der Waals surface area contributed by atoms with Crippen LogP contribution in [0.4, 0.5) is 0 Å². The van der Waals surface area contributed by atoms with E-state index < -0.39 is 5.97 Å². The summed E-state index contributed by atoms with van der Waals surface area (Å²) in [5.41, 5.74) is 2.86. The van der Waals surface area contributed by atoms with Crippen molar-refractivity contribution in [1.82, 2.24) is 15.1 Å². The van der Waals surface area contributed by atoms with Crippen LogP contribution in [0.1, 0.15) is 29.8 Å². The van der Waals surface area contributed by atoms with E-state index in [1.165, 1.54) is 0 Å². The van der Waals surface area contributed by atoms with E-state index in [4.69, 9.17) is 5.11 Å². The van der Waals surface area contributed by atoms with Gasteiger partial charge in [-0.25, -0.2) is 0 Å². The monoisotopic (exact) mass is 239 g/mol. The van der Waals surface area contributed by atoms with Gasteiger partial charge in [-0.15, -0.1) is 0 Å². The molecular weight excluding hydrogens is 222 g/mol. The summed E-state index contributed by atoms with van der Waals surface area (Å²) in [6.07, 6.45) is -0.134. The molecule has 6 nitrogen and oxygen atoms in total. The Labute approximate surface area is 99.6 Å². The van der Waals surface area contributed by atoms with Crippen LogP contribution in [0.5, 0.6) is 0 Å². The first-order chi connectivity index (χ1) is 7.91. The van der Waals surface area contributed by atoms with Gasteiger partial charge in [0.25, 0.3) is 0 Å². The molecule has 0 aliphatic heterocycles. The fourth-order valence-electron chi connectivity index (χ4n) is 1.57. The first-order valence-electron chi connectivity index (χ1n) is 5.39. The molecule has 0 fully saturated rings. The van der Waals surface area contributed by atoms with Crippen LogP contribution in [0, 0.1) is 13.8 Å². The Morgan fingerprint density at radius 2 is 2.00 bits per heavy atom. The zero-order valence-corrected chi connectivity index (χ0v) is 10.3. The summed E-state index contributed by atoms with van der Waals surface area (Å²) in [4.78, 5) is 21.6. The first-order valence-corrected chi connectivity index (χ1v) is 5.39. The lowest BCUT2D eigenvalue weighted by molar-refractivity contribution is -0.138. The third-order valence-electron chi connectivity index (χ3n) is 2.69. The van der Waals surface area contributed by atoms with E-state index in [2.05, 4.69) is 10.4 Å². The third kappa shape index (κ3) is 3.58. The number of aliphatic carboxylic acids is 1. The van der Waals surface area contributed by atoms with Gasteiger partial charge in [0.05, 0.1) is 12.1 Å². The highest BCUT2D eigenvalue weighted by Crippen LogP contribution is 2.11. The highest BCUT2D eigenvalue weighted by Gasteiger charge is 2.11. The Hall–Kier alpha value is -1.85. The Morgan fingerprint density at radius 1 is 1.35 bits per heavy atom. The van der Waals surface area contributed by atoms with Crippen molar-refractivity contribution in [3.8, 4) is 0 Å². The summed E-state index contributed by atoms with van der Waals surface area (Å²) in [5, 5.41) is 15.4. The molecule has 0 aromatic carbocycles. The van der Waals surface area contributed by atoms with E-state index in [0.717, 1.165) is 17.0 Å². The summed E-state index contributed by atoms with van der Waals surface area (Å²) < 4.78 is 1.76. The van der Waals surface area contributed by atoms with Gasteiger partial charge in [-0.3, -0.25) is 14.3 Å². The summed E-state index contributed by atoms with van der Waals surface area (Å²) in [5.74, 6) is -1.22. The highest BCUT2D eigenvalue weighted by atomic mass is 16.4. The fraction of sp³-hybridized carbons (Fsp3) is 0.545. The second-order valence-corrected chi connectivity index (χ2v) is 3.94.